The van der Waals surface area contributed by atoms with Gasteiger partial charge < -0.3 is 14.5 Å². The molecule has 2 aromatic heterocycles. The lowest BCUT2D eigenvalue weighted by molar-refractivity contribution is 0.0919. The zero-order chi connectivity index (χ0) is 19.6. The van der Waals surface area contributed by atoms with Crippen LogP contribution in [0.3, 0.4) is 0 Å². The Morgan fingerprint density at radius 3 is 2.59 bits per heavy atom. The molecule has 0 radical (unpaired) electrons. The Hall–Kier alpha value is -2.15. The summed E-state index contributed by atoms with van der Waals surface area (Å²) in [4.78, 5) is 12.2. The summed E-state index contributed by atoms with van der Waals surface area (Å²) in [5.41, 5.74) is 1.80. The van der Waals surface area contributed by atoms with E-state index >= 15 is 0 Å². The summed E-state index contributed by atoms with van der Waals surface area (Å²) < 4.78 is 12.8. The Kier molecular flexibility index (Phi) is 5.99. The van der Waals surface area contributed by atoms with E-state index in [0.29, 0.717) is 33.1 Å². The molecular formula is C18H16Cl3N3O3. The minimum atomic E-state index is -0.327. The maximum absolute atomic E-state index is 12.2. The highest BCUT2D eigenvalue weighted by molar-refractivity contribution is 6.40. The Balaban J connectivity index is 1.59. The molecule has 0 spiro atoms. The zero-order valence-corrected chi connectivity index (χ0v) is 16.8. The van der Waals surface area contributed by atoms with E-state index in [1.165, 1.54) is 12.1 Å². The van der Waals surface area contributed by atoms with Crippen LogP contribution >= 0.6 is 34.8 Å². The highest BCUT2D eigenvalue weighted by atomic mass is 35.5. The maximum atomic E-state index is 12.2. The SMILES string of the molecule is Cc1nn(C)cc1CNC(=O)c1ccc(COc2c(Cl)cc(Cl)cc2Cl)o1. The normalized spacial score (nSPS) is 10.9. The van der Waals surface area contributed by atoms with Gasteiger partial charge in [0.15, 0.2) is 11.5 Å². The molecule has 27 heavy (non-hydrogen) atoms. The van der Waals surface area contributed by atoms with Crippen molar-refractivity contribution >= 4 is 40.7 Å². The molecule has 1 amide bonds. The van der Waals surface area contributed by atoms with Crippen LogP contribution in [0.15, 0.2) is 34.9 Å². The molecule has 1 N–H and O–H groups in total. The number of hydrogen-bond donors (Lipinski definition) is 1. The number of nitrogens with zero attached hydrogens (tertiary/aromatic N) is 2. The van der Waals surface area contributed by atoms with Gasteiger partial charge in [0.1, 0.15) is 12.4 Å². The van der Waals surface area contributed by atoms with E-state index in [9.17, 15) is 4.79 Å². The highest BCUT2D eigenvalue weighted by Crippen LogP contribution is 2.36. The fourth-order valence-corrected chi connectivity index (χ4v) is 3.40. The quantitative estimate of drug-likeness (QED) is 0.613. The second kappa shape index (κ2) is 8.25. The first-order chi connectivity index (χ1) is 12.8. The Morgan fingerprint density at radius 2 is 1.96 bits per heavy atom. The van der Waals surface area contributed by atoms with Gasteiger partial charge in [-0.3, -0.25) is 9.48 Å². The summed E-state index contributed by atoms with van der Waals surface area (Å²) >= 11 is 18.0. The van der Waals surface area contributed by atoms with E-state index in [1.54, 1.807) is 16.8 Å². The van der Waals surface area contributed by atoms with E-state index in [4.69, 9.17) is 44.0 Å². The van der Waals surface area contributed by atoms with Gasteiger partial charge in [-0.25, -0.2) is 0 Å². The number of furan rings is 1. The van der Waals surface area contributed by atoms with Gasteiger partial charge in [-0.05, 0) is 31.2 Å². The third kappa shape index (κ3) is 4.77. The number of nitrogens with one attached hydrogen (secondary N) is 1. The molecule has 0 saturated heterocycles. The molecule has 0 aliphatic rings. The van der Waals surface area contributed by atoms with E-state index in [1.807, 2.05) is 20.2 Å². The molecule has 3 aromatic rings. The van der Waals surface area contributed by atoms with E-state index in [2.05, 4.69) is 10.4 Å². The topological polar surface area (TPSA) is 69.3 Å². The Morgan fingerprint density at radius 1 is 1.26 bits per heavy atom. The maximum Gasteiger partial charge on any atom is 0.287 e. The highest BCUT2D eigenvalue weighted by Gasteiger charge is 2.14. The van der Waals surface area contributed by atoms with Crippen molar-refractivity contribution in [3.05, 3.63) is 68.3 Å². The molecular weight excluding hydrogens is 413 g/mol. The van der Waals surface area contributed by atoms with Crippen LogP contribution in [0.2, 0.25) is 15.1 Å². The van der Waals surface area contributed by atoms with Crippen LogP contribution in [0, 0.1) is 6.92 Å². The van der Waals surface area contributed by atoms with E-state index in [-0.39, 0.29) is 18.3 Å². The van der Waals surface area contributed by atoms with Crippen molar-refractivity contribution in [1.82, 2.24) is 15.1 Å². The smallest absolute Gasteiger partial charge is 0.287 e. The monoisotopic (exact) mass is 427 g/mol. The van der Waals surface area contributed by atoms with Gasteiger partial charge in [0.05, 0.1) is 15.7 Å². The number of benzene rings is 1. The number of halogens is 3. The van der Waals surface area contributed by atoms with Crippen molar-refractivity contribution < 1.29 is 13.9 Å². The van der Waals surface area contributed by atoms with Gasteiger partial charge in [-0.2, -0.15) is 5.10 Å². The second-order valence-electron chi connectivity index (χ2n) is 5.85. The van der Waals surface area contributed by atoms with Gasteiger partial charge in [0, 0.05) is 30.4 Å². The van der Waals surface area contributed by atoms with Crippen LogP contribution in [0.1, 0.15) is 27.6 Å². The van der Waals surface area contributed by atoms with Crippen LogP contribution in [0.4, 0.5) is 0 Å². The largest absolute Gasteiger partial charge is 0.483 e. The summed E-state index contributed by atoms with van der Waals surface area (Å²) in [7, 11) is 1.83. The van der Waals surface area contributed by atoms with E-state index in [0.717, 1.165) is 11.3 Å². The molecule has 0 aliphatic carbocycles. The first-order valence-electron chi connectivity index (χ1n) is 7.97. The van der Waals surface area contributed by atoms with Gasteiger partial charge in [-0.15, -0.1) is 0 Å². The standard InChI is InChI=1S/C18H16Cl3N3O3/c1-10-11(8-24(2)23-10)7-22-18(25)16-4-3-13(27-16)9-26-17-14(20)5-12(19)6-15(17)21/h3-6,8H,7,9H2,1-2H3,(H,22,25). The summed E-state index contributed by atoms with van der Waals surface area (Å²) in [5, 5.41) is 8.04. The third-order valence-corrected chi connectivity index (χ3v) is 4.54. The van der Waals surface area contributed by atoms with Gasteiger partial charge in [-0.1, -0.05) is 34.8 Å². The van der Waals surface area contributed by atoms with Crippen molar-refractivity contribution in [1.29, 1.82) is 0 Å². The number of amides is 1. The lowest BCUT2D eigenvalue weighted by Gasteiger charge is -2.09. The van der Waals surface area contributed by atoms with Crippen LogP contribution in [-0.2, 0) is 20.2 Å². The first-order valence-corrected chi connectivity index (χ1v) is 9.10. The number of aromatic nitrogens is 2. The minimum absolute atomic E-state index is 0.0655. The molecule has 0 atom stereocenters. The molecule has 2 heterocycles. The number of carbonyl (C=O) groups excluding carboxylic acids is 1. The lowest BCUT2D eigenvalue weighted by Crippen LogP contribution is -2.22. The first kappa shape index (κ1) is 19.6. The molecule has 0 saturated carbocycles. The molecule has 6 nitrogen and oxygen atoms in total. The number of carbonyl (C=O) groups is 1. The molecule has 0 bridgehead atoms. The Labute approximate surface area is 171 Å². The zero-order valence-electron chi connectivity index (χ0n) is 14.6. The van der Waals surface area contributed by atoms with Crippen LogP contribution in [0.5, 0.6) is 5.75 Å². The van der Waals surface area contributed by atoms with Crippen molar-refractivity contribution in [2.24, 2.45) is 7.05 Å². The van der Waals surface area contributed by atoms with Crippen molar-refractivity contribution in [3.63, 3.8) is 0 Å². The fraction of sp³-hybridized carbons (Fsp3) is 0.222. The fourth-order valence-electron chi connectivity index (χ4n) is 2.47. The third-order valence-electron chi connectivity index (χ3n) is 3.76. The number of ether oxygens (including phenoxy) is 1. The van der Waals surface area contributed by atoms with E-state index < -0.39 is 0 Å². The Bertz CT molecular complexity index is 958. The molecule has 142 valence electrons. The van der Waals surface area contributed by atoms with Crippen LogP contribution in [0.25, 0.3) is 0 Å². The van der Waals surface area contributed by atoms with Crippen molar-refractivity contribution in [3.8, 4) is 5.75 Å². The molecule has 3 rings (SSSR count). The second-order valence-corrected chi connectivity index (χ2v) is 7.10. The summed E-state index contributed by atoms with van der Waals surface area (Å²) in [5.74, 6) is 0.618. The summed E-state index contributed by atoms with van der Waals surface area (Å²) in [6, 6.07) is 6.30. The lowest BCUT2D eigenvalue weighted by atomic mass is 10.2. The average Bonchev–Trinajstić information content (AvgIpc) is 3.18. The van der Waals surface area contributed by atoms with Gasteiger partial charge in [0.25, 0.3) is 5.91 Å². The predicted octanol–water partition coefficient (Wildman–Crippen LogP) is 4.79. The number of rotatable bonds is 6. The van der Waals surface area contributed by atoms with Gasteiger partial charge >= 0.3 is 0 Å². The van der Waals surface area contributed by atoms with Gasteiger partial charge in [0.2, 0.25) is 0 Å². The number of aryl methyl sites for hydroxylation is 2. The predicted molar refractivity (Wildman–Crippen MR) is 104 cm³/mol. The molecule has 1 aromatic carbocycles. The van der Waals surface area contributed by atoms with Crippen molar-refractivity contribution in [2.45, 2.75) is 20.1 Å². The minimum Gasteiger partial charge on any atom is -0.483 e. The van der Waals surface area contributed by atoms with Crippen LogP contribution < -0.4 is 10.1 Å². The molecule has 9 heteroatoms. The molecule has 0 aliphatic heterocycles. The molecule has 0 unspecified atom stereocenters. The summed E-state index contributed by atoms with van der Waals surface area (Å²) in [6.45, 7) is 2.31. The van der Waals surface area contributed by atoms with Crippen LogP contribution in [-0.4, -0.2) is 15.7 Å². The molecule has 0 fully saturated rings. The summed E-state index contributed by atoms with van der Waals surface area (Å²) in [6.07, 6.45) is 1.86. The number of hydrogen-bond acceptors (Lipinski definition) is 4. The van der Waals surface area contributed by atoms with Crippen molar-refractivity contribution in [2.75, 3.05) is 0 Å². The average molecular weight is 429 g/mol.